The van der Waals surface area contributed by atoms with Gasteiger partial charge in [0.25, 0.3) is 0 Å². The number of nitrogens with zero attached hydrogens (tertiary/aromatic N) is 3. The van der Waals surface area contributed by atoms with Gasteiger partial charge in [0.05, 0.1) is 12.9 Å². The van der Waals surface area contributed by atoms with Gasteiger partial charge in [0.2, 0.25) is 10.0 Å². The molecule has 1 atom stereocenters. The third-order valence-electron chi connectivity index (χ3n) is 3.82. The summed E-state index contributed by atoms with van der Waals surface area (Å²) in [7, 11) is 0.677. The Morgan fingerprint density at radius 3 is 2.68 bits per heavy atom. The molecule has 0 aliphatic carbocycles. The van der Waals surface area contributed by atoms with E-state index in [0.29, 0.717) is 25.6 Å². The molecule has 22 heavy (non-hydrogen) atoms. The Kier molecular flexibility index (Phi) is 8.13. The fourth-order valence-electron chi connectivity index (χ4n) is 2.60. The monoisotopic (exact) mass is 334 g/mol. The van der Waals surface area contributed by atoms with Crippen LogP contribution in [-0.4, -0.2) is 83.3 Å². The number of aliphatic imine (C=N–C) groups is 1. The first-order valence-electron chi connectivity index (χ1n) is 7.83. The Balaban J connectivity index is 2.31. The second kappa shape index (κ2) is 9.32. The molecule has 1 aliphatic heterocycles. The maximum Gasteiger partial charge on any atom is 0.211 e. The number of hydrogen-bond acceptors (Lipinski definition) is 4. The van der Waals surface area contributed by atoms with E-state index in [2.05, 4.69) is 15.2 Å². The van der Waals surface area contributed by atoms with Crippen molar-refractivity contribution in [3.63, 3.8) is 0 Å². The Morgan fingerprint density at radius 1 is 1.45 bits per heavy atom. The predicted molar refractivity (Wildman–Crippen MR) is 89.6 cm³/mol. The maximum absolute atomic E-state index is 11.5. The van der Waals surface area contributed by atoms with E-state index in [9.17, 15) is 8.42 Å². The molecule has 1 aliphatic rings. The van der Waals surface area contributed by atoms with Crippen molar-refractivity contribution in [1.82, 2.24) is 14.5 Å². The fraction of sp³-hybridized carbons (Fsp3) is 0.929. The first-order valence-corrected chi connectivity index (χ1v) is 9.68. The van der Waals surface area contributed by atoms with Crippen molar-refractivity contribution in [2.45, 2.75) is 19.8 Å². The lowest BCUT2D eigenvalue weighted by Gasteiger charge is -2.25. The molecule has 0 aromatic rings. The summed E-state index contributed by atoms with van der Waals surface area (Å²) in [5.74, 6) is 1.40. The van der Waals surface area contributed by atoms with E-state index in [1.54, 1.807) is 7.05 Å². The van der Waals surface area contributed by atoms with Crippen LogP contribution in [0.1, 0.15) is 19.8 Å². The topological polar surface area (TPSA) is 74.2 Å². The highest BCUT2D eigenvalue weighted by Crippen LogP contribution is 2.13. The van der Waals surface area contributed by atoms with Crippen molar-refractivity contribution >= 4 is 16.0 Å². The van der Waals surface area contributed by atoms with Crippen LogP contribution in [0.3, 0.4) is 0 Å². The molecule has 0 saturated carbocycles. The molecule has 1 N–H and O–H groups in total. The largest absolute Gasteiger partial charge is 0.381 e. The number of rotatable bonds is 8. The van der Waals surface area contributed by atoms with E-state index in [1.165, 1.54) is 10.6 Å². The van der Waals surface area contributed by atoms with Crippen LogP contribution in [0.5, 0.6) is 0 Å². The van der Waals surface area contributed by atoms with E-state index < -0.39 is 10.0 Å². The molecular formula is C14H30N4O3S. The summed E-state index contributed by atoms with van der Waals surface area (Å²) >= 11 is 0. The Morgan fingerprint density at radius 2 is 2.18 bits per heavy atom. The second-order valence-corrected chi connectivity index (χ2v) is 7.67. The van der Waals surface area contributed by atoms with Gasteiger partial charge in [-0.05, 0) is 12.8 Å². The van der Waals surface area contributed by atoms with Gasteiger partial charge in [-0.2, -0.15) is 0 Å². The molecule has 1 rings (SSSR count). The van der Waals surface area contributed by atoms with Crippen LogP contribution in [0.2, 0.25) is 0 Å². The van der Waals surface area contributed by atoms with E-state index >= 15 is 0 Å². The standard InChI is InChI=1S/C14H30N4O3S/c1-5-18(22(4,19)20)9-6-8-16-14(15-2)17(3)11-13-7-10-21-12-13/h13H,5-12H2,1-4H3,(H,15,16). The molecule has 1 saturated heterocycles. The van der Waals surface area contributed by atoms with Crippen molar-refractivity contribution in [2.24, 2.45) is 10.9 Å². The SMILES string of the molecule is CCN(CCCNC(=NC)N(C)CC1CCOC1)S(C)(=O)=O. The van der Waals surface area contributed by atoms with E-state index in [4.69, 9.17) is 4.74 Å². The van der Waals surface area contributed by atoms with Crippen LogP contribution in [0.15, 0.2) is 4.99 Å². The quantitative estimate of drug-likeness (QED) is 0.390. The van der Waals surface area contributed by atoms with Crippen LogP contribution in [0.25, 0.3) is 0 Å². The highest BCUT2D eigenvalue weighted by atomic mass is 32.2. The summed E-state index contributed by atoms with van der Waals surface area (Å²) in [6.45, 7) is 6.18. The van der Waals surface area contributed by atoms with Crippen LogP contribution < -0.4 is 5.32 Å². The van der Waals surface area contributed by atoms with Crippen LogP contribution >= 0.6 is 0 Å². The maximum atomic E-state index is 11.5. The summed E-state index contributed by atoms with van der Waals surface area (Å²) in [6, 6.07) is 0. The lowest BCUT2D eigenvalue weighted by Crippen LogP contribution is -2.42. The zero-order valence-corrected chi connectivity index (χ0v) is 15.0. The van der Waals surface area contributed by atoms with E-state index in [1.807, 2.05) is 14.0 Å². The third-order valence-corrected chi connectivity index (χ3v) is 5.20. The van der Waals surface area contributed by atoms with Gasteiger partial charge in [-0.3, -0.25) is 4.99 Å². The van der Waals surface area contributed by atoms with Crippen molar-refractivity contribution in [3.8, 4) is 0 Å². The van der Waals surface area contributed by atoms with Crippen molar-refractivity contribution in [3.05, 3.63) is 0 Å². The minimum atomic E-state index is -3.10. The van der Waals surface area contributed by atoms with Crippen LogP contribution in [0, 0.1) is 5.92 Å². The van der Waals surface area contributed by atoms with Gasteiger partial charge >= 0.3 is 0 Å². The van der Waals surface area contributed by atoms with Gasteiger partial charge in [-0.1, -0.05) is 6.92 Å². The summed E-state index contributed by atoms with van der Waals surface area (Å²) in [5, 5.41) is 3.29. The lowest BCUT2D eigenvalue weighted by molar-refractivity contribution is 0.181. The lowest BCUT2D eigenvalue weighted by atomic mass is 10.1. The highest BCUT2D eigenvalue weighted by molar-refractivity contribution is 7.88. The van der Waals surface area contributed by atoms with E-state index in [-0.39, 0.29) is 0 Å². The van der Waals surface area contributed by atoms with E-state index in [0.717, 1.165) is 38.6 Å². The van der Waals surface area contributed by atoms with Gasteiger partial charge in [-0.25, -0.2) is 12.7 Å². The first kappa shape index (κ1) is 19.2. The first-order chi connectivity index (χ1) is 10.4. The smallest absolute Gasteiger partial charge is 0.211 e. The molecule has 0 amide bonds. The van der Waals surface area contributed by atoms with Crippen molar-refractivity contribution in [1.29, 1.82) is 0 Å². The molecule has 1 fully saturated rings. The Bertz CT molecular complexity index is 447. The Hall–Kier alpha value is -0.860. The fourth-order valence-corrected chi connectivity index (χ4v) is 3.53. The number of nitrogens with one attached hydrogen (secondary N) is 1. The molecule has 8 heteroatoms. The van der Waals surface area contributed by atoms with Crippen LogP contribution in [0.4, 0.5) is 0 Å². The molecular weight excluding hydrogens is 304 g/mol. The number of sulfonamides is 1. The molecule has 1 heterocycles. The molecule has 1 unspecified atom stereocenters. The molecule has 7 nitrogen and oxygen atoms in total. The third kappa shape index (κ3) is 6.50. The average Bonchev–Trinajstić information content (AvgIpc) is 2.94. The van der Waals surface area contributed by atoms with Gasteiger partial charge in [-0.15, -0.1) is 0 Å². The summed E-state index contributed by atoms with van der Waals surface area (Å²) in [6.07, 6.45) is 3.10. The molecule has 0 radical (unpaired) electrons. The molecule has 130 valence electrons. The molecule has 0 bridgehead atoms. The number of hydrogen-bond donors (Lipinski definition) is 1. The van der Waals surface area contributed by atoms with Crippen molar-refractivity contribution in [2.75, 3.05) is 59.7 Å². The summed E-state index contributed by atoms with van der Waals surface area (Å²) in [5.41, 5.74) is 0. The predicted octanol–water partition coefficient (Wildman–Crippen LogP) is 0.202. The second-order valence-electron chi connectivity index (χ2n) is 5.69. The normalized spacial score (nSPS) is 19.7. The van der Waals surface area contributed by atoms with Gasteiger partial charge < -0.3 is 15.0 Å². The van der Waals surface area contributed by atoms with Gasteiger partial charge in [0.1, 0.15) is 0 Å². The minimum absolute atomic E-state index is 0.509. The Labute approximate surface area is 134 Å². The highest BCUT2D eigenvalue weighted by Gasteiger charge is 2.19. The molecule has 0 aromatic carbocycles. The van der Waals surface area contributed by atoms with Gasteiger partial charge in [0.15, 0.2) is 5.96 Å². The number of guanidine groups is 1. The minimum Gasteiger partial charge on any atom is -0.381 e. The van der Waals surface area contributed by atoms with Crippen LogP contribution in [-0.2, 0) is 14.8 Å². The number of ether oxygens (including phenoxy) is 1. The summed E-state index contributed by atoms with van der Waals surface area (Å²) < 4.78 is 29.9. The zero-order valence-electron chi connectivity index (χ0n) is 14.2. The summed E-state index contributed by atoms with van der Waals surface area (Å²) in [4.78, 5) is 6.38. The molecule has 0 aromatic heterocycles. The average molecular weight is 334 g/mol. The zero-order chi connectivity index (χ0) is 16.6. The molecule has 0 spiro atoms. The van der Waals surface area contributed by atoms with Crippen molar-refractivity contribution < 1.29 is 13.2 Å². The van der Waals surface area contributed by atoms with Gasteiger partial charge in [0, 0.05) is 52.8 Å².